The van der Waals surface area contributed by atoms with Crippen LogP contribution in [-0.2, 0) is 0 Å². The molecule has 0 aliphatic rings. The smallest absolute Gasteiger partial charge is 0.156 e. The number of halogens is 2. The fraction of sp³-hybridized carbons (Fsp3) is 0.200. The molecule has 0 aliphatic carbocycles. The zero-order chi connectivity index (χ0) is 14.5. The largest absolute Gasteiger partial charge is 0.488 e. The van der Waals surface area contributed by atoms with Gasteiger partial charge in [0.1, 0.15) is 19.0 Å². The van der Waals surface area contributed by atoms with Crippen LogP contribution in [-0.4, -0.2) is 13.2 Å². The lowest BCUT2D eigenvalue weighted by Crippen LogP contribution is -2.10. The molecule has 0 unspecified atom stereocenters. The summed E-state index contributed by atoms with van der Waals surface area (Å²) in [6.45, 7) is 2.66. The average Bonchev–Trinajstić information content (AvgIpc) is 2.39. The number of hydrogen-bond donors (Lipinski definition) is 1. The predicted molar refractivity (Wildman–Crippen MR) is 83.0 cm³/mol. The fourth-order valence-electron chi connectivity index (χ4n) is 1.72. The third kappa shape index (κ3) is 3.71. The monoisotopic (exact) mass is 311 g/mol. The van der Waals surface area contributed by atoms with Crippen molar-refractivity contribution in [2.45, 2.75) is 6.92 Å². The Labute approximate surface area is 128 Å². The maximum absolute atomic E-state index is 6.00. The molecular weight excluding hydrogens is 297 g/mol. The quantitative estimate of drug-likeness (QED) is 0.660. The second kappa shape index (κ2) is 6.73. The molecule has 0 saturated heterocycles. The van der Waals surface area contributed by atoms with Gasteiger partial charge in [0, 0.05) is 0 Å². The summed E-state index contributed by atoms with van der Waals surface area (Å²) in [4.78, 5) is 0. The van der Waals surface area contributed by atoms with E-state index in [1.165, 1.54) is 0 Å². The number of rotatable bonds is 5. The van der Waals surface area contributed by atoms with E-state index in [1.807, 2.05) is 25.1 Å². The van der Waals surface area contributed by atoms with Crippen molar-refractivity contribution in [3.8, 4) is 11.5 Å². The number of anilines is 1. The number of hydrogen-bond acceptors (Lipinski definition) is 3. The van der Waals surface area contributed by atoms with Gasteiger partial charge >= 0.3 is 0 Å². The predicted octanol–water partition coefficient (Wildman–Crippen LogP) is 4.34. The molecule has 0 bridgehead atoms. The van der Waals surface area contributed by atoms with E-state index in [0.29, 0.717) is 40.4 Å². The Balaban J connectivity index is 1.88. The summed E-state index contributed by atoms with van der Waals surface area (Å²) in [5, 5.41) is 0.958. The molecule has 0 saturated carbocycles. The first kappa shape index (κ1) is 14.8. The molecule has 2 aromatic carbocycles. The molecule has 0 aromatic heterocycles. The van der Waals surface area contributed by atoms with E-state index < -0.39 is 0 Å². The van der Waals surface area contributed by atoms with Crippen molar-refractivity contribution >= 4 is 28.9 Å². The highest BCUT2D eigenvalue weighted by molar-refractivity contribution is 6.37. The fourth-order valence-corrected chi connectivity index (χ4v) is 2.22. The minimum Gasteiger partial charge on any atom is -0.488 e. The lowest BCUT2D eigenvalue weighted by atomic mass is 10.2. The number of ether oxygens (including phenoxy) is 2. The van der Waals surface area contributed by atoms with Gasteiger partial charge in [-0.2, -0.15) is 0 Å². The van der Waals surface area contributed by atoms with Crippen LogP contribution in [0.15, 0.2) is 36.4 Å². The van der Waals surface area contributed by atoms with Gasteiger partial charge in [-0.3, -0.25) is 0 Å². The molecule has 0 heterocycles. The van der Waals surface area contributed by atoms with Crippen molar-refractivity contribution < 1.29 is 9.47 Å². The molecule has 5 heteroatoms. The van der Waals surface area contributed by atoms with Gasteiger partial charge in [0.05, 0.1) is 15.7 Å². The zero-order valence-corrected chi connectivity index (χ0v) is 12.5. The van der Waals surface area contributed by atoms with Crippen molar-refractivity contribution in [2.24, 2.45) is 0 Å². The highest BCUT2D eigenvalue weighted by atomic mass is 35.5. The van der Waals surface area contributed by atoms with Crippen LogP contribution in [0.3, 0.4) is 0 Å². The van der Waals surface area contributed by atoms with E-state index in [9.17, 15) is 0 Å². The van der Waals surface area contributed by atoms with Crippen molar-refractivity contribution in [2.75, 3.05) is 18.9 Å². The number of benzene rings is 2. The summed E-state index contributed by atoms with van der Waals surface area (Å²) in [7, 11) is 0. The summed E-state index contributed by atoms with van der Waals surface area (Å²) >= 11 is 12.0. The van der Waals surface area contributed by atoms with Gasteiger partial charge in [-0.25, -0.2) is 0 Å². The first-order chi connectivity index (χ1) is 9.58. The van der Waals surface area contributed by atoms with E-state index >= 15 is 0 Å². The molecule has 3 nitrogen and oxygen atoms in total. The lowest BCUT2D eigenvalue weighted by Gasteiger charge is -2.12. The van der Waals surface area contributed by atoms with Gasteiger partial charge in [0.25, 0.3) is 0 Å². The molecule has 2 rings (SSSR count). The Morgan fingerprint density at radius 1 is 1.00 bits per heavy atom. The molecule has 0 amide bonds. The molecule has 0 fully saturated rings. The van der Waals surface area contributed by atoms with Crippen molar-refractivity contribution in [3.63, 3.8) is 0 Å². The van der Waals surface area contributed by atoms with Crippen LogP contribution in [0.4, 0.5) is 5.69 Å². The van der Waals surface area contributed by atoms with Crippen LogP contribution in [0.1, 0.15) is 5.56 Å². The Hall–Kier alpha value is -1.58. The standard InChI is InChI=1S/C15H15Cl2NO2/c1-10-5-6-14(13(18)9-10)19-7-8-20-15-11(16)3-2-4-12(15)17/h2-6,9H,7-8,18H2,1H3. The molecule has 106 valence electrons. The molecule has 0 aliphatic heterocycles. The van der Waals surface area contributed by atoms with Gasteiger partial charge < -0.3 is 15.2 Å². The second-order valence-corrected chi connectivity index (χ2v) is 5.10. The normalized spacial score (nSPS) is 10.3. The Bertz CT molecular complexity index is 582. The number of aryl methyl sites for hydroxylation is 1. The first-order valence-corrected chi connectivity index (χ1v) is 6.89. The van der Waals surface area contributed by atoms with E-state index in [0.717, 1.165) is 5.56 Å². The minimum absolute atomic E-state index is 0.330. The van der Waals surface area contributed by atoms with Gasteiger partial charge in [0.15, 0.2) is 5.75 Å². The van der Waals surface area contributed by atoms with E-state index in [1.54, 1.807) is 18.2 Å². The Morgan fingerprint density at radius 2 is 1.65 bits per heavy atom. The van der Waals surface area contributed by atoms with Crippen LogP contribution >= 0.6 is 23.2 Å². The van der Waals surface area contributed by atoms with Gasteiger partial charge in [-0.05, 0) is 36.8 Å². The molecular formula is C15H15Cl2NO2. The van der Waals surface area contributed by atoms with Crippen LogP contribution in [0, 0.1) is 6.92 Å². The van der Waals surface area contributed by atoms with Gasteiger partial charge in [0.2, 0.25) is 0 Å². The van der Waals surface area contributed by atoms with Crippen LogP contribution in [0.2, 0.25) is 10.0 Å². The van der Waals surface area contributed by atoms with Crippen LogP contribution < -0.4 is 15.2 Å². The lowest BCUT2D eigenvalue weighted by molar-refractivity contribution is 0.218. The molecule has 0 radical (unpaired) electrons. The highest BCUT2D eigenvalue weighted by Crippen LogP contribution is 2.32. The third-order valence-electron chi connectivity index (χ3n) is 2.67. The van der Waals surface area contributed by atoms with Crippen molar-refractivity contribution in [1.29, 1.82) is 0 Å². The maximum atomic E-state index is 6.00. The van der Waals surface area contributed by atoms with E-state index in [-0.39, 0.29) is 0 Å². The van der Waals surface area contributed by atoms with Crippen LogP contribution in [0.5, 0.6) is 11.5 Å². The zero-order valence-electron chi connectivity index (χ0n) is 11.0. The summed E-state index contributed by atoms with van der Waals surface area (Å²) in [5.41, 5.74) is 7.56. The summed E-state index contributed by atoms with van der Waals surface area (Å²) in [6.07, 6.45) is 0. The molecule has 0 spiro atoms. The topological polar surface area (TPSA) is 44.5 Å². The second-order valence-electron chi connectivity index (χ2n) is 4.29. The SMILES string of the molecule is Cc1ccc(OCCOc2c(Cl)cccc2Cl)c(N)c1. The van der Waals surface area contributed by atoms with Crippen LogP contribution in [0.25, 0.3) is 0 Å². The molecule has 0 atom stereocenters. The summed E-state index contributed by atoms with van der Waals surface area (Å²) in [6, 6.07) is 10.9. The summed E-state index contributed by atoms with van der Waals surface area (Å²) < 4.78 is 11.1. The molecule has 20 heavy (non-hydrogen) atoms. The molecule has 2 N–H and O–H groups in total. The third-order valence-corrected chi connectivity index (χ3v) is 3.27. The van der Waals surface area contributed by atoms with Gasteiger partial charge in [-0.1, -0.05) is 35.3 Å². The first-order valence-electron chi connectivity index (χ1n) is 6.13. The number of nitrogen functional groups attached to an aromatic ring is 1. The highest BCUT2D eigenvalue weighted by Gasteiger charge is 2.06. The van der Waals surface area contributed by atoms with Crippen molar-refractivity contribution in [1.82, 2.24) is 0 Å². The Kier molecular flexibility index (Phi) is 4.99. The minimum atomic E-state index is 0.330. The Morgan fingerprint density at radius 3 is 2.30 bits per heavy atom. The maximum Gasteiger partial charge on any atom is 0.156 e. The van der Waals surface area contributed by atoms with E-state index in [2.05, 4.69) is 0 Å². The number of para-hydroxylation sites is 1. The van der Waals surface area contributed by atoms with Crippen molar-refractivity contribution in [3.05, 3.63) is 52.0 Å². The molecule has 2 aromatic rings. The number of nitrogens with two attached hydrogens (primary N) is 1. The summed E-state index contributed by atoms with van der Waals surface area (Å²) in [5.74, 6) is 1.11. The van der Waals surface area contributed by atoms with Gasteiger partial charge in [-0.15, -0.1) is 0 Å². The van der Waals surface area contributed by atoms with E-state index in [4.69, 9.17) is 38.4 Å². The average molecular weight is 312 g/mol.